The van der Waals surface area contributed by atoms with Gasteiger partial charge in [0.1, 0.15) is 0 Å². The lowest BCUT2D eigenvalue weighted by Gasteiger charge is -2.06. The molecule has 3 nitrogen and oxygen atoms in total. The van der Waals surface area contributed by atoms with Crippen LogP contribution in [0.1, 0.15) is 23.2 Å². The Bertz CT molecular complexity index is 348. The highest BCUT2D eigenvalue weighted by Gasteiger charge is 2.17. The molecule has 0 aromatic heterocycles. The number of benzene rings is 1. The molecular weight excluding hydrogens is 260 g/mol. The van der Waals surface area contributed by atoms with Crippen LogP contribution in [0, 0.1) is 0 Å². The van der Waals surface area contributed by atoms with Gasteiger partial charge in [-0.25, -0.2) is 0 Å². The third-order valence-corrected chi connectivity index (χ3v) is 2.83. The Morgan fingerprint density at radius 2 is 1.87 bits per heavy atom. The van der Waals surface area contributed by atoms with Gasteiger partial charge in [0.15, 0.2) is 5.78 Å². The van der Waals surface area contributed by atoms with Gasteiger partial charge in [-0.2, -0.15) is 0 Å². The van der Waals surface area contributed by atoms with E-state index in [-0.39, 0.29) is 12.2 Å². The molecule has 1 rings (SSSR count). The third kappa shape index (κ3) is 3.83. The second-order valence-electron chi connectivity index (χ2n) is 3.13. The fraction of sp³-hybridized carbons (Fsp3) is 0.273. The van der Waals surface area contributed by atoms with Crippen LogP contribution in [0.4, 0.5) is 0 Å². The maximum Gasteiger partial charge on any atom is 0.303 e. The van der Waals surface area contributed by atoms with Gasteiger partial charge in [-0.05, 0) is 6.42 Å². The van der Waals surface area contributed by atoms with Crippen LogP contribution in [-0.2, 0) is 4.79 Å². The summed E-state index contributed by atoms with van der Waals surface area (Å²) in [5.41, 5.74) is 0.602. The number of rotatable bonds is 5. The average molecular weight is 271 g/mol. The monoisotopic (exact) mass is 270 g/mol. The summed E-state index contributed by atoms with van der Waals surface area (Å²) in [4.78, 5) is 21.6. The van der Waals surface area contributed by atoms with Gasteiger partial charge < -0.3 is 5.11 Å². The van der Waals surface area contributed by atoms with E-state index >= 15 is 0 Å². The number of hydrogen-bond donors (Lipinski definition) is 1. The molecule has 0 saturated carbocycles. The van der Waals surface area contributed by atoms with E-state index in [1.807, 2.05) is 6.07 Å². The first-order valence-corrected chi connectivity index (χ1v) is 5.48. The first-order chi connectivity index (χ1) is 7.11. The molecule has 0 radical (unpaired) electrons. The SMILES string of the molecule is O=C(O)CC[C@H](Br)C(=O)c1ccccc1. The Morgan fingerprint density at radius 3 is 2.40 bits per heavy atom. The van der Waals surface area contributed by atoms with E-state index in [4.69, 9.17) is 5.11 Å². The van der Waals surface area contributed by atoms with Crippen LogP contribution in [0.25, 0.3) is 0 Å². The third-order valence-electron chi connectivity index (χ3n) is 1.95. The molecule has 0 amide bonds. The molecule has 0 aliphatic rings. The van der Waals surface area contributed by atoms with E-state index in [9.17, 15) is 9.59 Å². The highest BCUT2D eigenvalue weighted by molar-refractivity contribution is 9.10. The lowest BCUT2D eigenvalue weighted by atomic mass is 10.1. The van der Waals surface area contributed by atoms with Gasteiger partial charge in [0, 0.05) is 12.0 Å². The summed E-state index contributed by atoms with van der Waals surface area (Å²) in [5, 5.41) is 8.48. The fourth-order valence-electron chi connectivity index (χ4n) is 1.16. The fourth-order valence-corrected chi connectivity index (χ4v) is 1.66. The van der Waals surface area contributed by atoms with E-state index in [0.29, 0.717) is 12.0 Å². The molecule has 0 spiro atoms. The number of carbonyl (C=O) groups is 2. The zero-order valence-corrected chi connectivity index (χ0v) is 9.61. The van der Waals surface area contributed by atoms with Crippen molar-refractivity contribution in [3.63, 3.8) is 0 Å². The Morgan fingerprint density at radius 1 is 1.27 bits per heavy atom. The number of hydrogen-bond acceptors (Lipinski definition) is 2. The summed E-state index contributed by atoms with van der Waals surface area (Å²) in [5.74, 6) is -0.961. The van der Waals surface area contributed by atoms with Crippen molar-refractivity contribution in [1.29, 1.82) is 0 Å². The van der Waals surface area contributed by atoms with Crippen LogP contribution in [-0.4, -0.2) is 21.7 Å². The van der Waals surface area contributed by atoms with Gasteiger partial charge in [-0.3, -0.25) is 9.59 Å². The topological polar surface area (TPSA) is 54.4 Å². The molecule has 0 bridgehead atoms. The van der Waals surface area contributed by atoms with Crippen molar-refractivity contribution in [2.75, 3.05) is 0 Å². The van der Waals surface area contributed by atoms with Crippen molar-refractivity contribution >= 4 is 27.7 Å². The minimum Gasteiger partial charge on any atom is -0.481 e. The second kappa shape index (κ2) is 5.66. The Balaban J connectivity index is 2.57. The van der Waals surface area contributed by atoms with Crippen molar-refractivity contribution in [2.24, 2.45) is 0 Å². The number of carboxylic acid groups (broad SMARTS) is 1. The molecular formula is C11H11BrO3. The van der Waals surface area contributed by atoms with Gasteiger partial charge in [0.25, 0.3) is 0 Å². The number of halogens is 1. The summed E-state index contributed by atoms with van der Waals surface area (Å²) in [6, 6.07) is 8.83. The Labute approximate surface area is 96.2 Å². The lowest BCUT2D eigenvalue weighted by molar-refractivity contribution is -0.137. The van der Waals surface area contributed by atoms with E-state index in [0.717, 1.165) is 0 Å². The summed E-state index contributed by atoms with van der Waals surface area (Å²) in [7, 11) is 0. The highest BCUT2D eigenvalue weighted by Crippen LogP contribution is 2.15. The maximum atomic E-state index is 11.7. The number of Topliss-reactive ketones (excluding diaryl/α,β-unsaturated/α-hetero) is 1. The molecule has 1 aromatic rings. The molecule has 0 unspecified atom stereocenters. The van der Waals surface area contributed by atoms with Crippen molar-refractivity contribution in [1.82, 2.24) is 0 Å². The number of alkyl halides is 1. The molecule has 15 heavy (non-hydrogen) atoms. The normalized spacial score (nSPS) is 12.1. The van der Waals surface area contributed by atoms with Crippen LogP contribution >= 0.6 is 15.9 Å². The summed E-state index contributed by atoms with van der Waals surface area (Å²) < 4.78 is 0. The number of ketones is 1. The lowest BCUT2D eigenvalue weighted by Crippen LogP contribution is -2.15. The molecule has 80 valence electrons. The molecule has 0 saturated heterocycles. The first-order valence-electron chi connectivity index (χ1n) is 4.56. The molecule has 0 aliphatic heterocycles. The quantitative estimate of drug-likeness (QED) is 0.661. The molecule has 0 heterocycles. The molecule has 4 heteroatoms. The van der Waals surface area contributed by atoms with Crippen LogP contribution < -0.4 is 0 Å². The first kappa shape index (κ1) is 11.9. The second-order valence-corrected chi connectivity index (χ2v) is 4.24. The van der Waals surface area contributed by atoms with Crippen LogP contribution in [0.2, 0.25) is 0 Å². The maximum absolute atomic E-state index is 11.7. The van der Waals surface area contributed by atoms with Crippen LogP contribution in [0.15, 0.2) is 30.3 Å². The predicted molar refractivity (Wildman–Crippen MR) is 60.4 cm³/mol. The average Bonchev–Trinajstić information content (AvgIpc) is 2.26. The van der Waals surface area contributed by atoms with E-state index < -0.39 is 10.8 Å². The minimum absolute atomic E-state index is 0.00547. The summed E-state index contributed by atoms with van der Waals surface area (Å²) in [6.07, 6.45) is 0.303. The molecule has 0 aliphatic carbocycles. The standard InChI is InChI=1S/C11H11BrO3/c12-9(6-7-10(13)14)11(15)8-4-2-1-3-5-8/h1-5,9H,6-7H2,(H,13,14)/t9-/m0/s1. The zero-order valence-electron chi connectivity index (χ0n) is 8.02. The predicted octanol–water partition coefficient (Wildman–Crippen LogP) is 2.50. The van der Waals surface area contributed by atoms with Crippen molar-refractivity contribution in [2.45, 2.75) is 17.7 Å². The molecule has 1 atom stereocenters. The smallest absolute Gasteiger partial charge is 0.303 e. The van der Waals surface area contributed by atoms with Crippen molar-refractivity contribution in [3.8, 4) is 0 Å². The van der Waals surface area contributed by atoms with E-state index in [1.165, 1.54) is 0 Å². The Kier molecular flexibility index (Phi) is 4.49. The molecule has 1 N–H and O–H groups in total. The molecule has 1 aromatic carbocycles. The number of carboxylic acids is 1. The number of aliphatic carboxylic acids is 1. The van der Waals surface area contributed by atoms with Crippen LogP contribution in [0.5, 0.6) is 0 Å². The van der Waals surface area contributed by atoms with Crippen molar-refractivity contribution < 1.29 is 14.7 Å². The summed E-state index contributed by atoms with van der Waals surface area (Å²) >= 11 is 3.20. The van der Waals surface area contributed by atoms with Gasteiger partial charge in [0.05, 0.1) is 4.83 Å². The molecule has 0 fully saturated rings. The largest absolute Gasteiger partial charge is 0.481 e. The van der Waals surface area contributed by atoms with Gasteiger partial charge in [-0.1, -0.05) is 46.3 Å². The van der Waals surface area contributed by atoms with Crippen LogP contribution in [0.3, 0.4) is 0 Å². The zero-order chi connectivity index (χ0) is 11.3. The van der Waals surface area contributed by atoms with E-state index in [2.05, 4.69) is 15.9 Å². The van der Waals surface area contributed by atoms with E-state index in [1.54, 1.807) is 24.3 Å². The summed E-state index contributed by atoms with van der Waals surface area (Å²) in [6.45, 7) is 0. The van der Waals surface area contributed by atoms with Gasteiger partial charge in [0.2, 0.25) is 0 Å². The van der Waals surface area contributed by atoms with Crippen molar-refractivity contribution in [3.05, 3.63) is 35.9 Å². The minimum atomic E-state index is -0.889. The van der Waals surface area contributed by atoms with Gasteiger partial charge in [-0.15, -0.1) is 0 Å². The highest BCUT2D eigenvalue weighted by atomic mass is 79.9. The van der Waals surface area contributed by atoms with Gasteiger partial charge >= 0.3 is 5.97 Å². The Hall–Kier alpha value is -1.16. The number of carbonyl (C=O) groups excluding carboxylic acids is 1.